The average molecular weight is 273 g/mol. The first kappa shape index (κ1) is 12.1. The molecule has 0 saturated carbocycles. The fourth-order valence-corrected chi connectivity index (χ4v) is 2.24. The van der Waals surface area contributed by atoms with Crippen molar-refractivity contribution in [3.63, 3.8) is 0 Å². The number of benzene rings is 1. The van der Waals surface area contributed by atoms with E-state index in [4.69, 9.17) is 17.3 Å². The minimum absolute atomic E-state index is 0.491. The molecule has 0 saturated heterocycles. The van der Waals surface area contributed by atoms with Gasteiger partial charge in [-0.3, -0.25) is 4.98 Å². The van der Waals surface area contributed by atoms with Crippen molar-refractivity contribution in [2.75, 3.05) is 0 Å². The summed E-state index contributed by atoms with van der Waals surface area (Å²) in [6.45, 7) is 0.491. The van der Waals surface area contributed by atoms with Crippen molar-refractivity contribution in [1.82, 2.24) is 14.5 Å². The molecule has 4 nitrogen and oxygen atoms in total. The average Bonchev–Trinajstić information content (AvgIpc) is 2.76. The summed E-state index contributed by atoms with van der Waals surface area (Å²) in [5.41, 5.74) is 9.30. The molecule has 0 fully saturated rings. The summed E-state index contributed by atoms with van der Waals surface area (Å²) in [4.78, 5) is 8.99. The first-order chi connectivity index (χ1) is 9.19. The highest BCUT2D eigenvalue weighted by molar-refractivity contribution is 6.31. The van der Waals surface area contributed by atoms with Crippen molar-refractivity contribution in [3.8, 4) is 11.5 Å². The number of aromatic nitrogens is 3. The Labute approximate surface area is 115 Å². The molecule has 5 heteroatoms. The van der Waals surface area contributed by atoms with Crippen LogP contribution >= 0.6 is 11.6 Å². The van der Waals surface area contributed by atoms with E-state index < -0.39 is 0 Å². The summed E-state index contributed by atoms with van der Waals surface area (Å²) >= 11 is 6.01. The van der Waals surface area contributed by atoms with Crippen molar-refractivity contribution in [1.29, 1.82) is 0 Å². The molecule has 0 aliphatic heterocycles. The lowest BCUT2D eigenvalue weighted by atomic mass is 10.2. The third kappa shape index (κ3) is 2.09. The van der Waals surface area contributed by atoms with E-state index in [1.54, 1.807) is 6.20 Å². The molecule has 0 aliphatic rings. The third-order valence-corrected chi connectivity index (χ3v) is 3.37. The standard InChI is InChI=1S/C14H13ClN4/c1-19-13-6-10(15)3-5-11(13)18-14(19)12-4-2-9(7-16)8-17-12/h2-6,8H,7,16H2,1H3. The predicted octanol–water partition coefficient (Wildman–Crippen LogP) is 2.75. The molecule has 2 heterocycles. The van der Waals surface area contributed by atoms with Gasteiger partial charge in [-0.1, -0.05) is 17.7 Å². The summed E-state index contributed by atoms with van der Waals surface area (Å²) in [6, 6.07) is 9.56. The van der Waals surface area contributed by atoms with Crippen LogP contribution in [0.4, 0.5) is 0 Å². The maximum Gasteiger partial charge on any atom is 0.159 e. The lowest BCUT2D eigenvalue weighted by Gasteiger charge is -2.02. The summed E-state index contributed by atoms with van der Waals surface area (Å²) in [7, 11) is 1.96. The van der Waals surface area contributed by atoms with Gasteiger partial charge in [0.1, 0.15) is 5.69 Å². The largest absolute Gasteiger partial charge is 0.326 e. The molecule has 0 spiro atoms. The predicted molar refractivity (Wildman–Crippen MR) is 76.8 cm³/mol. The molecule has 0 bridgehead atoms. The van der Waals surface area contributed by atoms with Crippen LogP contribution in [0.25, 0.3) is 22.6 Å². The number of rotatable bonds is 2. The van der Waals surface area contributed by atoms with Gasteiger partial charge in [0.05, 0.1) is 11.0 Å². The maximum atomic E-state index is 6.01. The minimum atomic E-state index is 0.491. The van der Waals surface area contributed by atoms with Crippen LogP contribution in [0, 0.1) is 0 Å². The van der Waals surface area contributed by atoms with Gasteiger partial charge in [0.25, 0.3) is 0 Å². The van der Waals surface area contributed by atoms with E-state index in [0.29, 0.717) is 11.6 Å². The molecular formula is C14H13ClN4. The van der Waals surface area contributed by atoms with Crippen molar-refractivity contribution >= 4 is 22.6 Å². The van der Waals surface area contributed by atoms with Gasteiger partial charge < -0.3 is 10.3 Å². The van der Waals surface area contributed by atoms with E-state index in [-0.39, 0.29) is 0 Å². The monoisotopic (exact) mass is 272 g/mol. The van der Waals surface area contributed by atoms with Gasteiger partial charge in [-0.15, -0.1) is 0 Å². The molecule has 19 heavy (non-hydrogen) atoms. The first-order valence-corrected chi connectivity index (χ1v) is 6.34. The van der Waals surface area contributed by atoms with Gasteiger partial charge in [0.15, 0.2) is 5.82 Å². The van der Waals surface area contributed by atoms with Crippen LogP contribution in [-0.2, 0) is 13.6 Å². The van der Waals surface area contributed by atoms with Crippen molar-refractivity contribution in [2.24, 2.45) is 12.8 Å². The van der Waals surface area contributed by atoms with Crippen LogP contribution in [0.15, 0.2) is 36.5 Å². The van der Waals surface area contributed by atoms with Crippen LogP contribution in [0.5, 0.6) is 0 Å². The third-order valence-electron chi connectivity index (χ3n) is 3.13. The Bertz CT molecular complexity index is 731. The lowest BCUT2D eigenvalue weighted by Crippen LogP contribution is -1.99. The van der Waals surface area contributed by atoms with Crippen molar-refractivity contribution in [2.45, 2.75) is 6.54 Å². The molecule has 2 N–H and O–H groups in total. The topological polar surface area (TPSA) is 56.7 Å². The molecule has 0 atom stereocenters. The van der Waals surface area contributed by atoms with Gasteiger partial charge in [-0.2, -0.15) is 0 Å². The summed E-state index contributed by atoms with van der Waals surface area (Å²) in [6.07, 6.45) is 1.78. The smallest absolute Gasteiger partial charge is 0.159 e. The zero-order valence-corrected chi connectivity index (χ0v) is 11.2. The number of hydrogen-bond donors (Lipinski definition) is 1. The number of hydrogen-bond acceptors (Lipinski definition) is 3. The Morgan fingerprint density at radius 2 is 2.11 bits per heavy atom. The molecule has 96 valence electrons. The molecular weight excluding hydrogens is 260 g/mol. The molecule has 2 aromatic heterocycles. The number of nitrogens with two attached hydrogens (primary N) is 1. The van der Waals surface area contributed by atoms with Crippen molar-refractivity contribution in [3.05, 3.63) is 47.1 Å². The van der Waals surface area contributed by atoms with E-state index in [0.717, 1.165) is 28.1 Å². The van der Waals surface area contributed by atoms with Gasteiger partial charge in [0.2, 0.25) is 0 Å². The van der Waals surface area contributed by atoms with Crippen LogP contribution < -0.4 is 5.73 Å². The zero-order valence-electron chi connectivity index (χ0n) is 10.5. The molecule has 1 aromatic carbocycles. The molecule has 0 radical (unpaired) electrons. The van der Waals surface area contributed by atoms with Crippen LogP contribution in [0.1, 0.15) is 5.56 Å². The first-order valence-electron chi connectivity index (χ1n) is 5.96. The molecule has 0 amide bonds. The van der Waals surface area contributed by atoms with Gasteiger partial charge >= 0.3 is 0 Å². The Balaban J connectivity index is 2.16. The summed E-state index contributed by atoms with van der Waals surface area (Å²) < 4.78 is 1.99. The van der Waals surface area contributed by atoms with Crippen LogP contribution in [-0.4, -0.2) is 14.5 Å². The zero-order chi connectivity index (χ0) is 13.4. The second-order valence-corrected chi connectivity index (χ2v) is 4.82. The second-order valence-electron chi connectivity index (χ2n) is 4.38. The van der Waals surface area contributed by atoms with E-state index >= 15 is 0 Å². The van der Waals surface area contributed by atoms with Gasteiger partial charge in [-0.25, -0.2) is 4.98 Å². The number of aryl methyl sites for hydroxylation is 1. The highest BCUT2D eigenvalue weighted by Crippen LogP contribution is 2.24. The number of fused-ring (bicyclic) bond motifs is 1. The normalized spacial score (nSPS) is 11.1. The van der Waals surface area contributed by atoms with E-state index in [2.05, 4.69) is 9.97 Å². The van der Waals surface area contributed by atoms with E-state index in [1.807, 2.05) is 41.9 Å². The fraction of sp³-hybridized carbons (Fsp3) is 0.143. The number of halogens is 1. The highest BCUT2D eigenvalue weighted by atomic mass is 35.5. The summed E-state index contributed by atoms with van der Waals surface area (Å²) in [5, 5.41) is 0.702. The molecule has 0 unspecified atom stereocenters. The molecule has 0 aliphatic carbocycles. The lowest BCUT2D eigenvalue weighted by molar-refractivity contribution is 0.947. The van der Waals surface area contributed by atoms with Crippen LogP contribution in [0.3, 0.4) is 0 Å². The number of nitrogens with zero attached hydrogens (tertiary/aromatic N) is 3. The molecule has 3 rings (SSSR count). The number of pyridine rings is 1. The quantitative estimate of drug-likeness (QED) is 0.780. The SMILES string of the molecule is Cn1c(-c2ccc(CN)cn2)nc2ccc(Cl)cc21. The Kier molecular flexibility index (Phi) is 2.97. The maximum absolute atomic E-state index is 6.01. The van der Waals surface area contributed by atoms with E-state index in [9.17, 15) is 0 Å². The Morgan fingerprint density at radius 1 is 1.26 bits per heavy atom. The summed E-state index contributed by atoms with van der Waals surface area (Å²) in [5.74, 6) is 0.820. The van der Waals surface area contributed by atoms with Gasteiger partial charge in [0, 0.05) is 24.8 Å². The highest BCUT2D eigenvalue weighted by Gasteiger charge is 2.11. The van der Waals surface area contributed by atoms with E-state index in [1.165, 1.54) is 0 Å². The fourth-order valence-electron chi connectivity index (χ4n) is 2.07. The Hall–Kier alpha value is -1.91. The second kappa shape index (κ2) is 4.64. The molecule has 3 aromatic rings. The minimum Gasteiger partial charge on any atom is -0.326 e. The number of imidazole rings is 1. The van der Waals surface area contributed by atoms with Crippen LogP contribution in [0.2, 0.25) is 5.02 Å². The van der Waals surface area contributed by atoms with Crippen molar-refractivity contribution < 1.29 is 0 Å². The Morgan fingerprint density at radius 3 is 2.79 bits per heavy atom. The van der Waals surface area contributed by atoms with Gasteiger partial charge in [-0.05, 0) is 29.8 Å².